The first kappa shape index (κ1) is 21.7. The van der Waals surface area contributed by atoms with Crippen molar-refractivity contribution in [2.24, 2.45) is 29.1 Å². The van der Waals surface area contributed by atoms with Crippen LogP contribution in [0.1, 0.15) is 54.4 Å². The number of carbonyl (C=O) groups is 2. The van der Waals surface area contributed by atoms with Crippen LogP contribution in [-0.4, -0.2) is 52.0 Å². The summed E-state index contributed by atoms with van der Waals surface area (Å²) >= 11 is 0. The summed E-state index contributed by atoms with van der Waals surface area (Å²) in [4.78, 5) is 25.1. The fourth-order valence-corrected chi connectivity index (χ4v) is 7.39. The lowest BCUT2D eigenvalue weighted by Gasteiger charge is -2.53. The molecule has 6 heteroatoms. The van der Waals surface area contributed by atoms with E-state index in [2.05, 4.69) is 0 Å². The molecule has 2 saturated carbocycles. The highest BCUT2D eigenvalue weighted by atomic mass is 16.6. The summed E-state index contributed by atoms with van der Waals surface area (Å²) < 4.78 is 11.9. The number of aliphatic hydroxyl groups is 2. The maximum absolute atomic E-state index is 13.0. The van der Waals surface area contributed by atoms with Gasteiger partial charge in [0.25, 0.3) is 0 Å². The van der Waals surface area contributed by atoms with Crippen LogP contribution < -0.4 is 0 Å². The zero-order chi connectivity index (χ0) is 22.4. The Morgan fingerprint density at radius 1 is 1.27 bits per heavy atom. The highest BCUT2D eigenvalue weighted by Crippen LogP contribution is 2.77. The maximum Gasteiger partial charge on any atom is 0.303 e. The van der Waals surface area contributed by atoms with Crippen LogP contribution >= 0.6 is 0 Å². The minimum atomic E-state index is -1.66. The zero-order valence-electron chi connectivity index (χ0n) is 19.0. The second kappa shape index (κ2) is 6.27. The molecule has 6 nitrogen and oxygen atoms in total. The average molecular weight is 419 g/mol. The molecule has 8 atom stereocenters. The Hall–Kier alpha value is -1.50. The van der Waals surface area contributed by atoms with E-state index in [0.717, 1.165) is 5.57 Å². The number of rotatable bonds is 3. The zero-order valence-corrected chi connectivity index (χ0v) is 19.0. The molecule has 0 bridgehead atoms. The maximum atomic E-state index is 13.0. The molecular formula is C24H34O6. The molecule has 2 N–H and O–H groups in total. The molecule has 0 unspecified atom stereocenters. The minimum absolute atomic E-state index is 0.187. The van der Waals surface area contributed by atoms with Crippen molar-refractivity contribution < 1.29 is 29.3 Å². The number of esters is 1. The summed E-state index contributed by atoms with van der Waals surface area (Å²) in [6.45, 7) is 11.1. The third kappa shape index (κ3) is 2.25. The Labute approximate surface area is 178 Å². The van der Waals surface area contributed by atoms with Crippen LogP contribution in [0.3, 0.4) is 0 Å². The monoisotopic (exact) mass is 418 g/mol. The number of hydrogen-bond acceptors (Lipinski definition) is 6. The molecule has 166 valence electrons. The fourth-order valence-electron chi connectivity index (χ4n) is 7.39. The summed E-state index contributed by atoms with van der Waals surface area (Å²) in [5, 5.41) is 24.0. The van der Waals surface area contributed by atoms with Gasteiger partial charge in [0.1, 0.15) is 17.3 Å². The Kier molecular flexibility index (Phi) is 4.54. The number of hydrogen-bond donors (Lipinski definition) is 2. The van der Waals surface area contributed by atoms with Crippen LogP contribution in [0, 0.1) is 29.1 Å². The summed E-state index contributed by atoms with van der Waals surface area (Å²) in [5.74, 6) is -2.48. The lowest BCUT2D eigenvalue weighted by molar-refractivity contribution is -0.224. The summed E-state index contributed by atoms with van der Waals surface area (Å²) in [6.07, 6.45) is 4.11. The molecule has 0 aliphatic heterocycles. The Morgan fingerprint density at radius 3 is 2.43 bits per heavy atom. The SMILES string of the molecule is CCC1=C[C@H]2[C@H]3C(C)(C)[C@]3(OC(C)=O)[C@H](OC)[C@@H](C)[C@]2(O)[C@@H]2C=C(C)C(=O)[C@@]2(O)C1. The fraction of sp³-hybridized carbons (Fsp3) is 0.750. The van der Waals surface area contributed by atoms with Crippen LogP contribution in [0.5, 0.6) is 0 Å². The normalized spacial score (nSPS) is 48.6. The predicted molar refractivity (Wildman–Crippen MR) is 110 cm³/mol. The van der Waals surface area contributed by atoms with Gasteiger partial charge in [-0.25, -0.2) is 0 Å². The molecule has 4 rings (SSSR count). The van der Waals surface area contributed by atoms with Gasteiger partial charge in [-0.2, -0.15) is 0 Å². The van der Waals surface area contributed by atoms with Gasteiger partial charge < -0.3 is 19.7 Å². The topological polar surface area (TPSA) is 93.1 Å². The van der Waals surface area contributed by atoms with E-state index in [9.17, 15) is 19.8 Å². The van der Waals surface area contributed by atoms with Gasteiger partial charge in [-0.05, 0) is 18.9 Å². The van der Waals surface area contributed by atoms with Crippen molar-refractivity contribution in [3.05, 3.63) is 23.3 Å². The molecule has 2 fully saturated rings. The van der Waals surface area contributed by atoms with Crippen molar-refractivity contribution in [2.75, 3.05) is 7.11 Å². The molecule has 0 amide bonds. The van der Waals surface area contributed by atoms with Crippen molar-refractivity contribution >= 4 is 11.8 Å². The third-order valence-electron chi connectivity index (χ3n) is 8.78. The molecule has 0 spiro atoms. The van der Waals surface area contributed by atoms with Gasteiger partial charge >= 0.3 is 5.97 Å². The number of ether oxygens (including phenoxy) is 2. The number of Topliss-reactive ketones (excluding diaryl/α,β-unsaturated/α-hetero) is 1. The van der Waals surface area contributed by atoms with Crippen LogP contribution in [0.2, 0.25) is 0 Å². The molecule has 0 radical (unpaired) electrons. The van der Waals surface area contributed by atoms with E-state index in [1.165, 1.54) is 6.92 Å². The summed E-state index contributed by atoms with van der Waals surface area (Å²) in [5.41, 5.74) is -2.93. The molecule has 0 saturated heterocycles. The Morgan fingerprint density at radius 2 is 1.90 bits per heavy atom. The second-order valence-corrected chi connectivity index (χ2v) is 10.4. The van der Waals surface area contributed by atoms with E-state index in [1.807, 2.05) is 33.8 Å². The van der Waals surface area contributed by atoms with E-state index in [-0.39, 0.29) is 30.0 Å². The number of methoxy groups -OCH3 is 1. The van der Waals surface area contributed by atoms with Gasteiger partial charge in [-0.1, -0.05) is 45.4 Å². The Bertz CT molecular complexity index is 871. The second-order valence-electron chi connectivity index (χ2n) is 10.4. The quantitative estimate of drug-likeness (QED) is 0.541. The van der Waals surface area contributed by atoms with E-state index in [1.54, 1.807) is 20.1 Å². The molecule has 30 heavy (non-hydrogen) atoms. The van der Waals surface area contributed by atoms with Crippen LogP contribution in [-0.2, 0) is 19.1 Å². The summed E-state index contributed by atoms with van der Waals surface area (Å²) in [6, 6.07) is 0. The van der Waals surface area contributed by atoms with E-state index >= 15 is 0 Å². The largest absolute Gasteiger partial charge is 0.456 e. The van der Waals surface area contributed by atoms with Crippen LogP contribution in [0.15, 0.2) is 23.3 Å². The number of ketones is 1. The van der Waals surface area contributed by atoms with Gasteiger partial charge in [0.15, 0.2) is 5.78 Å². The average Bonchev–Trinajstić information content (AvgIpc) is 3.07. The number of carbonyl (C=O) groups excluding carboxylic acids is 2. The molecule has 4 aliphatic carbocycles. The van der Waals surface area contributed by atoms with E-state index in [0.29, 0.717) is 12.0 Å². The van der Waals surface area contributed by atoms with Crippen molar-refractivity contribution in [2.45, 2.75) is 77.3 Å². The van der Waals surface area contributed by atoms with Crippen LogP contribution in [0.25, 0.3) is 0 Å². The highest BCUT2D eigenvalue weighted by Gasteiger charge is 2.87. The molecule has 0 heterocycles. The van der Waals surface area contributed by atoms with Crippen molar-refractivity contribution in [3.8, 4) is 0 Å². The highest BCUT2D eigenvalue weighted by molar-refractivity contribution is 6.04. The van der Waals surface area contributed by atoms with E-state index in [4.69, 9.17) is 9.47 Å². The van der Waals surface area contributed by atoms with Gasteiger partial charge in [-0.15, -0.1) is 0 Å². The smallest absolute Gasteiger partial charge is 0.303 e. The first-order valence-electron chi connectivity index (χ1n) is 10.9. The van der Waals surface area contributed by atoms with Gasteiger partial charge in [0, 0.05) is 49.5 Å². The standard InChI is InChI=1S/C24H34O6/c1-8-15-10-16-18-21(5,6)24(18,30-14(4)25)20(29-7)13(3)23(16,28)17-9-12(2)19(26)22(17,27)11-15/h9-10,13,16-18,20,27-28H,8,11H2,1-7H3/t13-,16+,17-,18+,20-,22-,23-,24-/m1/s1. The number of fused-ring (bicyclic) bond motifs is 5. The van der Waals surface area contributed by atoms with E-state index < -0.39 is 40.2 Å². The molecule has 0 aromatic heterocycles. The molecule has 4 aliphatic rings. The molecule has 0 aromatic carbocycles. The lowest BCUT2D eigenvalue weighted by atomic mass is 9.59. The summed E-state index contributed by atoms with van der Waals surface area (Å²) in [7, 11) is 1.57. The van der Waals surface area contributed by atoms with Gasteiger partial charge in [-0.3, -0.25) is 9.59 Å². The van der Waals surface area contributed by atoms with Crippen molar-refractivity contribution in [1.82, 2.24) is 0 Å². The lowest BCUT2D eigenvalue weighted by Crippen LogP contribution is -2.65. The first-order chi connectivity index (χ1) is 13.8. The van der Waals surface area contributed by atoms with Gasteiger partial charge in [0.05, 0.1) is 5.60 Å². The first-order valence-corrected chi connectivity index (χ1v) is 10.9. The van der Waals surface area contributed by atoms with Crippen molar-refractivity contribution in [3.63, 3.8) is 0 Å². The predicted octanol–water partition coefficient (Wildman–Crippen LogP) is 2.57. The van der Waals surface area contributed by atoms with Crippen molar-refractivity contribution in [1.29, 1.82) is 0 Å². The van der Waals surface area contributed by atoms with Gasteiger partial charge in [0.2, 0.25) is 0 Å². The third-order valence-corrected chi connectivity index (χ3v) is 8.78. The van der Waals surface area contributed by atoms with Crippen LogP contribution in [0.4, 0.5) is 0 Å². The Balaban J connectivity index is 1.96. The minimum Gasteiger partial charge on any atom is -0.456 e. The molecular weight excluding hydrogens is 384 g/mol. The molecule has 0 aromatic rings.